The monoisotopic (exact) mass is 356 g/mol. The number of amides is 1. The summed E-state index contributed by atoms with van der Waals surface area (Å²) in [6.07, 6.45) is -4.46. The number of anilines is 1. The van der Waals surface area contributed by atoms with Gasteiger partial charge in [0.1, 0.15) is 17.4 Å². The van der Waals surface area contributed by atoms with Gasteiger partial charge >= 0.3 is 11.9 Å². The zero-order chi connectivity index (χ0) is 18.9. The van der Waals surface area contributed by atoms with Gasteiger partial charge in [-0.3, -0.25) is 19.6 Å². The number of benzene rings is 1. The fourth-order valence-corrected chi connectivity index (χ4v) is 2.40. The Morgan fingerprint density at radius 1 is 1.28 bits per heavy atom. The number of nitro groups is 1. The molecule has 0 spiro atoms. The Kier molecular flexibility index (Phi) is 4.82. The second-order valence-corrected chi connectivity index (χ2v) is 5.46. The number of nitrogens with zero attached hydrogens (tertiary/aromatic N) is 3. The lowest BCUT2D eigenvalue weighted by Gasteiger charge is -2.14. The predicted octanol–water partition coefficient (Wildman–Crippen LogP) is 3.63. The van der Waals surface area contributed by atoms with E-state index in [2.05, 4.69) is 10.4 Å². The Morgan fingerprint density at radius 3 is 2.28 bits per heavy atom. The molecule has 1 aromatic heterocycles. The van der Waals surface area contributed by atoms with Crippen LogP contribution >= 0.6 is 0 Å². The summed E-state index contributed by atoms with van der Waals surface area (Å²) < 4.78 is 38.8. The van der Waals surface area contributed by atoms with Crippen molar-refractivity contribution in [3.63, 3.8) is 0 Å². The smallest absolute Gasteiger partial charge is 0.324 e. The Hall–Kier alpha value is -2.91. The van der Waals surface area contributed by atoms with Gasteiger partial charge < -0.3 is 5.32 Å². The number of nitrogens with one attached hydrogen (secondary N) is 1. The van der Waals surface area contributed by atoms with Crippen molar-refractivity contribution in [2.45, 2.75) is 33.0 Å². The van der Waals surface area contributed by atoms with Crippen molar-refractivity contribution < 1.29 is 22.9 Å². The van der Waals surface area contributed by atoms with E-state index in [1.54, 1.807) is 0 Å². The molecule has 0 aliphatic heterocycles. The summed E-state index contributed by atoms with van der Waals surface area (Å²) >= 11 is 0. The van der Waals surface area contributed by atoms with E-state index in [4.69, 9.17) is 0 Å². The number of hydrogen-bond acceptors (Lipinski definition) is 4. The summed E-state index contributed by atoms with van der Waals surface area (Å²) in [6.45, 7) is 4.42. The van der Waals surface area contributed by atoms with Crippen molar-refractivity contribution in [1.29, 1.82) is 0 Å². The first-order valence-electron chi connectivity index (χ1n) is 7.20. The van der Waals surface area contributed by atoms with Gasteiger partial charge in [0, 0.05) is 5.69 Å². The molecule has 134 valence electrons. The molecule has 0 bridgehead atoms. The lowest BCUT2D eigenvalue weighted by Crippen LogP contribution is -2.25. The Morgan fingerprint density at radius 2 is 1.84 bits per heavy atom. The number of carbonyl (C=O) groups is 1. The average molecular weight is 356 g/mol. The van der Waals surface area contributed by atoms with E-state index in [1.165, 1.54) is 25.5 Å². The molecule has 0 radical (unpaired) electrons. The Bertz CT molecular complexity index is 813. The van der Waals surface area contributed by atoms with Crippen LogP contribution in [0.15, 0.2) is 24.3 Å². The van der Waals surface area contributed by atoms with Crippen molar-refractivity contribution in [3.05, 3.63) is 51.3 Å². The minimum Gasteiger partial charge on any atom is -0.324 e. The van der Waals surface area contributed by atoms with Gasteiger partial charge in [0.15, 0.2) is 0 Å². The molecule has 2 aromatic rings. The van der Waals surface area contributed by atoms with Gasteiger partial charge in [-0.15, -0.1) is 0 Å². The summed E-state index contributed by atoms with van der Waals surface area (Å²) in [7, 11) is 0. The zero-order valence-electron chi connectivity index (χ0n) is 13.6. The third-order valence-corrected chi connectivity index (χ3v) is 3.70. The second-order valence-electron chi connectivity index (χ2n) is 5.46. The van der Waals surface area contributed by atoms with Gasteiger partial charge in [0.05, 0.1) is 10.5 Å². The Balaban J connectivity index is 2.19. The normalized spacial score (nSPS) is 12.7. The lowest BCUT2D eigenvalue weighted by molar-refractivity contribution is -0.386. The molecule has 0 saturated carbocycles. The molecule has 0 aliphatic carbocycles. The summed E-state index contributed by atoms with van der Waals surface area (Å²) in [4.78, 5) is 22.7. The first-order valence-corrected chi connectivity index (χ1v) is 7.20. The van der Waals surface area contributed by atoms with Crippen LogP contribution in [0.1, 0.15) is 29.9 Å². The maximum Gasteiger partial charge on any atom is 0.416 e. The van der Waals surface area contributed by atoms with Crippen LogP contribution in [0.5, 0.6) is 0 Å². The number of hydrogen-bond donors (Lipinski definition) is 1. The fourth-order valence-electron chi connectivity index (χ4n) is 2.40. The van der Waals surface area contributed by atoms with E-state index >= 15 is 0 Å². The van der Waals surface area contributed by atoms with Crippen LogP contribution in [-0.2, 0) is 11.0 Å². The molecule has 1 heterocycles. The molecule has 7 nitrogen and oxygen atoms in total. The highest BCUT2D eigenvalue weighted by molar-refractivity contribution is 5.93. The topological polar surface area (TPSA) is 90.1 Å². The van der Waals surface area contributed by atoms with Crippen LogP contribution < -0.4 is 5.32 Å². The molecule has 10 heteroatoms. The summed E-state index contributed by atoms with van der Waals surface area (Å²) in [5.74, 6) is -0.555. The highest BCUT2D eigenvalue weighted by Gasteiger charge is 2.30. The number of rotatable bonds is 4. The van der Waals surface area contributed by atoms with Crippen molar-refractivity contribution in [1.82, 2.24) is 9.78 Å². The molecule has 0 saturated heterocycles. The van der Waals surface area contributed by atoms with E-state index in [9.17, 15) is 28.1 Å². The van der Waals surface area contributed by atoms with Crippen LogP contribution in [0, 0.1) is 24.0 Å². The maximum absolute atomic E-state index is 12.5. The molecule has 1 N–H and O–H groups in total. The number of halogens is 3. The van der Waals surface area contributed by atoms with E-state index in [1.807, 2.05) is 0 Å². The van der Waals surface area contributed by atoms with E-state index in [0.29, 0.717) is 0 Å². The van der Waals surface area contributed by atoms with E-state index in [-0.39, 0.29) is 22.8 Å². The molecule has 1 amide bonds. The van der Waals surface area contributed by atoms with Gasteiger partial charge in [0.25, 0.3) is 0 Å². The average Bonchev–Trinajstić information content (AvgIpc) is 2.80. The predicted molar refractivity (Wildman–Crippen MR) is 83.1 cm³/mol. The molecule has 0 fully saturated rings. The van der Waals surface area contributed by atoms with Gasteiger partial charge in [-0.25, -0.2) is 0 Å². The highest BCUT2D eigenvalue weighted by atomic mass is 19.4. The number of alkyl halides is 3. The molecule has 25 heavy (non-hydrogen) atoms. The fraction of sp³-hybridized carbons (Fsp3) is 0.333. The van der Waals surface area contributed by atoms with Gasteiger partial charge in [0.2, 0.25) is 5.91 Å². The van der Waals surface area contributed by atoms with Gasteiger partial charge in [-0.1, -0.05) is 0 Å². The molecule has 0 unspecified atom stereocenters. The standard InChI is InChI=1S/C15H15F3N4O3/c1-8-13(22(24)25)9(2)21(20-8)10(3)14(23)19-12-6-4-11(5-7-12)15(16,17)18/h4-7,10H,1-3H3,(H,19,23)/t10-/m1/s1. The first-order chi connectivity index (χ1) is 11.5. The largest absolute Gasteiger partial charge is 0.416 e. The van der Waals surface area contributed by atoms with Crippen LogP contribution in [0.3, 0.4) is 0 Å². The van der Waals surface area contributed by atoms with Crippen molar-refractivity contribution >= 4 is 17.3 Å². The van der Waals surface area contributed by atoms with Crippen molar-refractivity contribution in [3.8, 4) is 0 Å². The third kappa shape index (κ3) is 3.78. The van der Waals surface area contributed by atoms with E-state index in [0.717, 1.165) is 24.3 Å². The molecule has 1 aromatic carbocycles. The minimum absolute atomic E-state index is 0.172. The van der Waals surface area contributed by atoms with Crippen molar-refractivity contribution in [2.75, 3.05) is 5.32 Å². The number of carbonyl (C=O) groups excluding carboxylic acids is 1. The van der Waals surface area contributed by atoms with Crippen LogP contribution in [0.2, 0.25) is 0 Å². The van der Waals surface area contributed by atoms with Crippen LogP contribution in [-0.4, -0.2) is 20.6 Å². The van der Waals surface area contributed by atoms with Gasteiger partial charge in [-0.2, -0.15) is 18.3 Å². The molecule has 0 aliphatic rings. The Labute approximate surface area is 140 Å². The molecular formula is C15H15F3N4O3. The van der Waals surface area contributed by atoms with Gasteiger partial charge in [-0.05, 0) is 45.0 Å². The summed E-state index contributed by atoms with van der Waals surface area (Å²) in [6, 6.07) is 3.10. The minimum atomic E-state index is -4.46. The lowest BCUT2D eigenvalue weighted by atomic mass is 10.2. The third-order valence-electron chi connectivity index (χ3n) is 3.70. The second kappa shape index (κ2) is 6.54. The van der Waals surface area contributed by atoms with Crippen LogP contribution in [0.25, 0.3) is 0 Å². The number of aryl methyl sites for hydroxylation is 1. The van der Waals surface area contributed by atoms with Crippen molar-refractivity contribution in [2.24, 2.45) is 0 Å². The SMILES string of the molecule is Cc1nn([C@H](C)C(=O)Nc2ccc(C(F)(F)F)cc2)c(C)c1[N+](=O)[O-]. The highest BCUT2D eigenvalue weighted by Crippen LogP contribution is 2.30. The summed E-state index contributed by atoms with van der Waals surface area (Å²) in [5, 5.41) is 17.5. The molecule has 1 atom stereocenters. The molecule has 2 rings (SSSR count). The summed E-state index contributed by atoms with van der Waals surface area (Å²) in [5.41, 5.74) is -0.419. The van der Waals surface area contributed by atoms with Crippen LogP contribution in [0.4, 0.5) is 24.5 Å². The first kappa shape index (κ1) is 18.4. The maximum atomic E-state index is 12.5. The molecular weight excluding hydrogens is 341 g/mol. The quantitative estimate of drug-likeness (QED) is 0.669. The zero-order valence-corrected chi connectivity index (χ0v) is 13.6. The van der Waals surface area contributed by atoms with E-state index < -0.39 is 28.6 Å². The number of aromatic nitrogens is 2.